The van der Waals surface area contributed by atoms with Crippen LogP contribution in [0.3, 0.4) is 0 Å². The second-order valence-electron chi connectivity index (χ2n) is 7.08. The molecule has 3 rings (SSSR count). The molecule has 0 unspecified atom stereocenters. The lowest BCUT2D eigenvalue weighted by molar-refractivity contribution is 0.0942. The number of benzene rings is 2. The first-order chi connectivity index (χ1) is 14.3. The van der Waals surface area contributed by atoms with E-state index >= 15 is 0 Å². The van der Waals surface area contributed by atoms with Crippen molar-refractivity contribution < 1.29 is 9.18 Å². The van der Waals surface area contributed by atoms with Crippen LogP contribution in [0.15, 0.2) is 48.5 Å². The van der Waals surface area contributed by atoms with Crippen molar-refractivity contribution in [3.63, 3.8) is 0 Å². The van der Waals surface area contributed by atoms with Gasteiger partial charge in [-0.3, -0.25) is 20.3 Å². The Balaban J connectivity index is 1.57. The molecule has 0 aliphatic carbocycles. The number of hydrazine groups is 1. The van der Waals surface area contributed by atoms with E-state index in [4.69, 9.17) is 12.2 Å². The topological polar surface area (TPSA) is 71.0 Å². The molecule has 1 aromatic heterocycles. The number of rotatable bonds is 5. The Morgan fingerprint density at radius 1 is 1.00 bits per heavy atom. The monoisotopic (exact) mass is 425 g/mol. The van der Waals surface area contributed by atoms with E-state index in [0.717, 1.165) is 16.8 Å². The van der Waals surface area contributed by atoms with Gasteiger partial charge in [-0.25, -0.2) is 4.39 Å². The van der Waals surface area contributed by atoms with Gasteiger partial charge in [-0.15, -0.1) is 0 Å². The smallest absolute Gasteiger partial charge is 0.273 e. The molecule has 2 aromatic carbocycles. The van der Waals surface area contributed by atoms with Crippen molar-refractivity contribution in [2.75, 3.05) is 0 Å². The predicted octanol–water partition coefficient (Wildman–Crippen LogP) is 3.30. The highest BCUT2D eigenvalue weighted by Gasteiger charge is 2.19. The molecule has 0 spiro atoms. The SMILES string of the molecule is Cc1ccc(Cn2nc(C)c(C(=O)NNC(=S)NCc3ccc(F)cc3)c2C)cc1. The Morgan fingerprint density at radius 2 is 1.63 bits per heavy atom. The zero-order chi connectivity index (χ0) is 21.7. The van der Waals surface area contributed by atoms with Crippen LogP contribution in [0.25, 0.3) is 0 Å². The molecule has 3 N–H and O–H groups in total. The number of halogens is 1. The molecule has 0 atom stereocenters. The Labute approximate surface area is 180 Å². The van der Waals surface area contributed by atoms with Gasteiger partial charge in [-0.05, 0) is 56.2 Å². The minimum atomic E-state index is -0.314. The summed E-state index contributed by atoms with van der Waals surface area (Å²) in [5.74, 6) is -0.605. The maximum absolute atomic E-state index is 12.9. The minimum Gasteiger partial charge on any atom is -0.357 e. The van der Waals surface area contributed by atoms with Crippen LogP contribution in [0.5, 0.6) is 0 Å². The highest BCUT2D eigenvalue weighted by atomic mass is 32.1. The van der Waals surface area contributed by atoms with E-state index < -0.39 is 0 Å². The van der Waals surface area contributed by atoms with E-state index in [0.29, 0.717) is 24.3 Å². The van der Waals surface area contributed by atoms with Gasteiger partial charge >= 0.3 is 0 Å². The molecule has 0 fully saturated rings. The van der Waals surface area contributed by atoms with Crippen LogP contribution < -0.4 is 16.2 Å². The van der Waals surface area contributed by atoms with Gasteiger partial charge in [-0.1, -0.05) is 42.0 Å². The van der Waals surface area contributed by atoms with Crippen LogP contribution in [0.2, 0.25) is 0 Å². The van der Waals surface area contributed by atoms with Gasteiger partial charge in [-0.2, -0.15) is 5.10 Å². The summed E-state index contributed by atoms with van der Waals surface area (Å²) in [6.07, 6.45) is 0. The maximum Gasteiger partial charge on any atom is 0.273 e. The maximum atomic E-state index is 12.9. The van der Waals surface area contributed by atoms with Crippen molar-refractivity contribution in [3.8, 4) is 0 Å². The van der Waals surface area contributed by atoms with Gasteiger partial charge in [0.1, 0.15) is 5.82 Å². The summed E-state index contributed by atoms with van der Waals surface area (Å²) in [5, 5.41) is 7.73. The summed E-state index contributed by atoms with van der Waals surface area (Å²) < 4.78 is 14.8. The highest BCUT2D eigenvalue weighted by molar-refractivity contribution is 7.80. The van der Waals surface area contributed by atoms with Crippen LogP contribution in [0, 0.1) is 26.6 Å². The molecule has 0 saturated heterocycles. The molecule has 1 amide bonds. The fourth-order valence-corrected chi connectivity index (χ4v) is 3.17. The number of nitrogens with zero attached hydrogens (tertiary/aromatic N) is 2. The predicted molar refractivity (Wildman–Crippen MR) is 118 cm³/mol. The second kappa shape index (κ2) is 9.49. The lowest BCUT2D eigenvalue weighted by Crippen LogP contribution is -2.46. The van der Waals surface area contributed by atoms with Gasteiger partial charge < -0.3 is 5.32 Å². The van der Waals surface area contributed by atoms with Crippen molar-refractivity contribution >= 4 is 23.2 Å². The lowest BCUT2D eigenvalue weighted by Gasteiger charge is -2.12. The number of carbonyl (C=O) groups is 1. The third-order valence-corrected chi connectivity index (χ3v) is 4.96. The molecule has 0 bridgehead atoms. The normalized spacial score (nSPS) is 10.5. The molecular formula is C22H24FN5OS. The number of nitrogens with one attached hydrogen (secondary N) is 3. The lowest BCUT2D eigenvalue weighted by atomic mass is 10.1. The average molecular weight is 426 g/mol. The largest absolute Gasteiger partial charge is 0.357 e. The number of aryl methyl sites for hydroxylation is 2. The third kappa shape index (κ3) is 5.42. The molecule has 8 heteroatoms. The van der Waals surface area contributed by atoms with E-state index in [-0.39, 0.29) is 16.8 Å². The molecule has 6 nitrogen and oxygen atoms in total. The fourth-order valence-electron chi connectivity index (χ4n) is 3.05. The Bertz CT molecular complexity index is 1040. The molecule has 156 valence electrons. The van der Waals surface area contributed by atoms with Gasteiger partial charge in [0.15, 0.2) is 5.11 Å². The van der Waals surface area contributed by atoms with Crippen molar-refractivity contribution in [2.45, 2.75) is 33.9 Å². The van der Waals surface area contributed by atoms with E-state index in [2.05, 4.69) is 45.5 Å². The zero-order valence-electron chi connectivity index (χ0n) is 17.1. The summed E-state index contributed by atoms with van der Waals surface area (Å²) >= 11 is 5.18. The van der Waals surface area contributed by atoms with Gasteiger partial charge in [0.25, 0.3) is 5.91 Å². The zero-order valence-corrected chi connectivity index (χ0v) is 17.9. The standard InChI is InChI=1S/C22H24FN5OS/c1-14-4-6-18(7-5-14)13-28-16(3)20(15(2)27-28)21(29)25-26-22(30)24-12-17-8-10-19(23)11-9-17/h4-11H,12-13H2,1-3H3,(H,25,29)(H2,24,26,30). The second-order valence-corrected chi connectivity index (χ2v) is 7.49. The van der Waals surface area contributed by atoms with Crippen LogP contribution >= 0.6 is 12.2 Å². The number of hydrogen-bond acceptors (Lipinski definition) is 3. The Morgan fingerprint density at radius 3 is 2.30 bits per heavy atom. The quantitative estimate of drug-likeness (QED) is 0.432. The number of aromatic nitrogens is 2. The number of carbonyl (C=O) groups excluding carboxylic acids is 1. The van der Waals surface area contributed by atoms with Gasteiger partial charge in [0.05, 0.1) is 17.8 Å². The summed E-state index contributed by atoms with van der Waals surface area (Å²) in [6, 6.07) is 14.3. The van der Waals surface area contributed by atoms with Crippen LogP contribution in [-0.2, 0) is 13.1 Å². The van der Waals surface area contributed by atoms with Crippen molar-refractivity contribution in [1.29, 1.82) is 0 Å². The average Bonchev–Trinajstić information content (AvgIpc) is 3.00. The van der Waals surface area contributed by atoms with Crippen LogP contribution in [-0.4, -0.2) is 20.8 Å². The summed E-state index contributed by atoms with van der Waals surface area (Å²) in [6.45, 7) is 6.72. The molecular weight excluding hydrogens is 401 g/mol. The van der Waals surface area contributed by atoms with E-state index in [1.54, 1.807) is 19.1 Å². The molecule has 30 heavy (non-hydrogen) atoms. The van der Waals surface area contributed by atoms with Crippen LogP contribution in [0.1, 0.15) is 38.4 Å². The molecule has 1 heterocycles. The number of hydrogen-bond donors (Lipinski definition) is 3. The van der Waals surface area contributed by atoms with E-state index in [1.807, 2.05) is 18.5 Å². The first kappa shape index (κ1) is 21.4. The van der Waals surface area contributed by atoms with Crippen LogP contribution in [0.4, 0.5) is 4.39 Å². The Kier molecular flexibility index (Phi) is 6.79. The molecule has 0 saturated carbocycles. The van der Waals surface area contributed by atoms with Gasteiger partial charge in [0, 0.05) is 12.2 Å². The van der Waals surface area contributed by atoms with Crippen molar-refractivity contribution in [3.05, 3.63) is 88.0 Å². The third-order valence-electron chi connectivity index (χ3n) is 4.72. The Hall–Kier alpha value is -3.26. The first-order valence-corrected chi connectivity index (χ1v) is 9.92. The summed E-state index contributed by atoms with van der Waals surface area (Å²) in [5.41, 5.74) is 10.4. The molecule has 3 aromatic rings. The highest BCUT2D eigenvalue weighted by Crippen LogP contribution is 2.15. The number of amides is 1. The molecule has 0 aliphatic heterocycles. The van der Waals surface area contributed by atoms with E-state index in [1.165, 1.54) is 17.7 Å². The minimum absolute atomic E-state index is 0.259. The molecule has 0 radical (unpaired) electrons. The van der Waals surface area contributed by atoms with Crippen molar-refractivity contribution in [2.24, 2.45) is 0 Å². The molecule has 0 aliphatic rings. The number of thiocarbonyl (C=S) groups is 1. The summed E-state index contributed by atoms with van der Waals surface area (Å²) in [7, 11) is 0. The first-order valence-electron chi connectivity index (χ1n) is 9.51. The van der Waals surface area contributed by atoms with Crippen molar-refractivity contribution in [1.82, 2.24) is 25.9 Å². The summed E-state index contributed by atoms with van der Waals surface area (Å²) in [4.78, 5) is 12.7. The van der Waals surface area contributed by atoms with Gasteiger partial charge in [0.2, 0.25) is 0 Å². The fraction of sp³-hybridized carbons (Fsp3) is 0.227. The van der Waals surface area contributed by atoms with E-state index in [9.17, 15) is 9.18 Å².